The number of pyridine rings is 1. The van der Waals surface area contributed by atoms with E-state index in [0.29, 0.717) is 10.6 Å². The van der Waals surface area contributed by atoms with E-state index in [1.54, 1.807) is 12.4 Å². The number of hydrogen-bond donors (Lipinski definition) is 2. The quantitative estimate of drug-likeness (QED) is 0.402. The maximum absolute atomic E-state index is 7.59. The van der Waals surface area contributed by atoms with Gasteiger partial charge >= 0.3 is 0 Å². The number of fused-ring (bicyclic) bond motifs is 1. The summed E-state index contributed by atoms with van der Waals surface area (Å²) in [6.07, 6.45) is 3.45. The van der Waals surface area contributed by atoms with Crippen LogP contribution in [-0.4, -0.2) is 10.8 Å². The Labute approximate surface area is 149 Å². The second kappa shape index (κ2) is 6.37. The smallest absolute Gasteiger partial charge is 0.154 e. The second-order valence-corrected chi connectivity index (χ2v) is 6.65. The van der Waals surface area contributed by atoms with Crippen LogP contribution in [-0.2, 0) is 0 Å². The van der Waals surface area contributed by atoms with E-state index >= 15 is 0 Å². The van der Waals surface area contributed by atoms with Crippen LogP contribution in [0.25, 0.3) is 21.2 Å². The van der Waals surface area contributed by atoms with E-state index in [-0.39, 0.29) is 5.84 Å². The molecule has 4 rings (SSSR count). The summed E-state index contributed by atoms with van der Waals surface area (Å²) in [6.45, 7) is 0. The number of nitrogen functional groups attached to an aromatic ring is 1. The summed E-state index contributed by atoms with van der Waals surface area (Å²) in [5, 5.41) is 8.51. The molecule has 2 aromatic heterocycles. The maximum Gasteiger partial charge on any atom is 0.154 e. The predicted molar refractivity (Wildman–Crippen MR) is 103 cm³/mol. The van der Waals surface area contributed by atoms with Crippen molar-refractivity contribution < 1.29 is 4.74 Å². The van der Waals surface area contributed by atoms with Gasteiger partial charge in [-0.15, -0.1) is 11.3 Å². The number of nitrogens with one attached hydrogen (secondary N) is 1. The SMILES string of the molecule is N=C(N)c1cc2c(Oc3ccc(-c4ccccc4)cc3)cncc2s1. The van der Waals surface area contributed by atoms with Gasteiger partial charge in [-0.1, -0.05) is 42.5 Å². The number of benzene rings is 2. The van der Waals surface area contributed by atoms with E-state index in [9.17, 15) is 0 Å². The minimum absolute atomic E-state index is 0.0550. The van der Waals surface area contributed by atoms with Gasteiger partial charge < -0.3 is 10.5 Å². The molecule has 0 aliphatic heterocycles. The molecule has 0 aliphatic carbocycles. The van der Waals surface area contributed by atoms with E-state index < -0.39 is 0 Å². The zero-order valence-corrected chi connectivity index (χ0v) is 14.1. The van der Waals surface area contributed by atoms with Crippen molar-refractivity contribution in [2.24, 2.45) is 5.73 Å². The Morgan fingerprint density at radius 1 is 0.960 bits per heavy atom. The molecular weight excluding hydrogens is 330 g/mol. The van der Waals surface area contributed by atoms with Gasteiger partial charge in [0.05, 0.1) is 15.8 Å². The molecular formula is C20H15N3OS. The topological polar surface area (TPSA) is 72.0 Å². The van der Waals surface area contributed by atoms with Crippen LogP contribution in [0.4, 0.5) is 0 Å². The Kier molecular flexibility index (Phi) is 3.91. The average molecular weight is 345 g/mol. The first-order valence-corrected chi connectivity index (χ1v) is 8.57. The van der Waals surface area contributed by atoms with E-state index in [1.165, 1.54) is 16.9 Å². The van der Waals surface area contributed by atoms with Gasteiger partial charge in [0.1, 0.15) is 11.6 Å². The molecule has 0 atom stereocenters. The maximum atomic E-state index is 7.59. The van der Waals surface area contributed by atoms with Crippen LogP contribution in [0.15, 0.2) is 73.1 Å². The van der Waals surface area contributed by atoms with Crippen molar-refractivity contribution >= 4 is 27.3 Å². The molecule has 0 spiro atoms. The number of nitrogens with two attached hydrogens (primary N) is 1. The van der Waals surface area contributed by atoms with Gasteiger partial charge in [0.25, 0.3) is 0 Å². The Morgan fingerprint density at radius 2 is 1.68 bits per heavy atom. The van der Waals surface area contributed by atoms with Crippen LogP contribution in [0.1, 0.15) is 4.88 Å². The summed E-state index contributed by atoms with van der Waals surface area (Å²) in [5.41, 5.74) is 7.89. The lowest BCUT2D eigenvalue weighted by Crippen LogP contribution is -2.08. The minimum atomic E-state index is 0.0550. The third kappa shape index (κ3) is 3.09. The summed E-state index contributed by atoms with van der Waals surface area (Å²) in [7, 11) is 0. The van der Waals surface area contributed by atoms with Crippen molar-refractivity contribution in [2.45, 2.75) is 0 Å². The highest BCUT2D eigenvalue weighted by atomic mass is 32.1. The van der Waals surface area contributed by atoms with Crippen molar-refractivity contribution in [1.29, 1.82) is 5.41 Å². The van der Waals surface area contributed by atoms with Crippen LogP contribution < -0.4 is 10.5 Å². The normalized spacial score (nSPS) is 10.7. The van der Waals surface area contributed by atoms with Crippen molar-refractivity contribution in [3.63, 3.8) is 0 Å². The highest BCUT2D eigenvalue weighted by Crippen LogP contribution is 2.34. The van der Waals surface area contributed by atoms with Gasteiger partial charge in [-0.2, -0.15) is 0 Å². The Balaban J connectivity index is 1.64. The molecule has 0 bridgehead atoms. The summed E-state index contributed by atoms with van der Waals surface area (Å²) in [5.74, 6) is 1.46. The number of nitrogens with zero attached hydrogens (tertiary/aromatic N) is 1. The van der Waals surface area contributed by atoms with Gasteiger partial charge in [0.2, 0.25) is 0 Å². The van der Waals surface area contributed by atoms with Crippen LogP contribution in [0.3, 0.4) is 0 Å². The predicted octanol–water partition coefficient (Wildman–Crippen LogP) is 5.04. The number of aromatic nitrogens is 1. The number of thiophene rings is 1. The number of rotatable bonds is 4. The zero-order valence-electron chi connectivity index (χ0n) is 13.3. The minimum Gasteiger partial charge on any atom is -0.455 e. The summed E-state index contributed by atoms with van der Waals surface area (Å²) in [4.78, 5) is 4.94. The fraction of sp³-hybridized carbons (Fsp3) is 0. The average Bonchev–Trinajstić information content (AvgIpc) is 3.09. The lowest BCUT2D eigenvalue weighted by molar-refractivity contribution is 0.486. The molecule has 3 N–H and O–H groups in total. The lowest BCUT2D eigenvalue weighted by Gasteiger charge is -2.08. The first-order chi connectivity index (χ1) is 12.2. The fourth-order valence-corrected chi connectivity index (χ4v) is 3.53. The number of hydrogen-bond acceptors (Lipinski definition) is 4. The third-order valence-electron chi connectivity index (χ3n) is 3.86. The molecule has 2 aromatic carbocycles. The van der Waals surface area contributed by atoms with Crippen molar-refractivity contribution in [3.05, 3.63) is 77.9 Å². The van der Waals surface area contributed by atoms with Gasteiger partial charge in [-0.05, 0) is 29.3 Å². The second-order valence-electron chi connectivity index (χ2n) is 5.57. The van der Waals surface area contributed by atoms with Gasteiger partial charge in [0, 0.05) is 11.6 Å². The van der Waals surface area contributed by atoms with Crippen molar-refractivity contribution in [3.8, 4) is 22.6 Å². The molecule has 4 nitrogen and oxygen atoms in total. The molecule has 0 amide bonds. The Morgan fingerprint density at radius 3 is 2.40 bits per heavy atom. The number of ether oxygens (including phenoxy) is 1. The molecule has 0 aliphatic rings. The Bertz CT molecular complexity index is 1040. The van der Waals surface area contributed by atoms with Gasteiger partial charge in [-0.25, -0.2) is 0 Å². The lowest BCUT2D eigenvalue weighted by atomic mass is 10.1. The molecule has 2 heterocycles. The highest BCUT2D eigenvalue weighted by molar-refractivity contribution is 7.20. The number of amidine groups is 1. The standard InChI is InChI=1S/C20H15N3OS/c21-20(22)18-10-16-17(11-23-12-19(16)25-18)24-15-8-6-14(7-9-15)13-4-2-1-3-5-13/h1-12H,(H3,21,22). The van der Waals surface area contributed by atoms with Gasteiger partial charge in [0.15, 0.2) is 5.75 Å². The van der Waals surface area contributed by atoms with E-state index in [1.807, 2.05) is 48.5 Å². The van der Waals surface area contributed by atoms with Crippen molar-refractivity contribution in [1.82, 2.24) is 4.98 Å². The zero-order chi connectivity index (χ0) is 17.2. The molecule has 122 valence electrons. The molecule has 0 saturated heterocycles. The van der Waals surface area contributed by atoms with Crippen LogP contribution in [0.2, 0.25) is 0 Å². The molecule has 4 aromatic rings. The first-order valence-electron chi connectivity index (χ1n) is 7.76. The molecule has 0 fully saturated rings. The van der Waals surface area contributed by atoms with E-state index in [4.69, 9.17) is 15.9 Å². The van der Waals surface area contributed by atoms with Crippen LogP contribution in [0.5, 0.6) is 11.5 Å². The first kappa shape index (κ1) is 15.4. The van der Waals surface area contributed by atoms with E-state index in [0.717, 1.165) is 21.4 Å². The molecule has 25 heavy (non-hydrogen) atoms. The Hall–Kier alpha value is -3.18. The summed E-state index contributed by atoms with van der Waals surface area (Å²) >= 11 is 1.44. The molecule has 0 radical (unpaired) electrons. The third-order valence-corrected chi connectivity index (χ3v) is 4.97. The van der Waals surface area contributed by atoms with Gasteiger partial charge in [-0.3, -0.25) is 10.4 Å². The fourth-order valence-electron chi connectivity index (χ4n) is 2.62. The molecule has 0 unspecified atom stereocenters. The summed E-state index contributed by atoms with van der Waals surface area (Å²) in [6, 6.07) is 20.0. The monoisotopic (exact) mass is 345 g/mol. The van der Waals surface area contributed by atoms with Crippen molar-refractivity contribution in [2.75, 3.05) is 0 Å². The molecule has 0 saturated carbocycles. The van der Waals surface area contributed by atoms with Crippen LogP contribution >= 0.6 is 11.3 Å². The van der Waals surface area contributed by atoms with Crippen LogP contribution in [0, 0.1) is 5.41 Å². The highest BCUT2D eigenvalue weighted by Gasteiger charge is 2.10. The largest absolute Gasteiger partial charge is 0.455 e. The molecule has 5 heteroatoms. The summed E-state index contributed by atoms with van der Waals surface area (Å²) < 4.78 is 6.96. The van der Waals surface area contributed by atoms with E-state index in [2.05, 4.69) is 17.1 Å².